The number of anilines is 1. The fraction of sp³-hybridized carbons (Fsp3) is 0.562. The van der Waals surface area contributed by atoms with Gasteiger partial charge in [-0.05, 0) is 30.7 Å². The third kappa shape index (κ3) is 6.14. The van der Waals surface area contributed by atoms with Crippen molar-refractivity contribution >= 4 is 11.6 Å². The molecule has 1 aromatic rings. The summed E-state index contributed by atoms with van der Waals surface area (Å²) in [6.45, 7) is 5.22. The molecule has 1 amide bonds. The second-order valence-corrected chi connectivity index (χ2v) is 4.78. The van der Waals surface area contributed by atoms with Crippen molar-refractivity contribution in [2.45, 2.75) is 13.3 Å². The normalized spacial score (nSPS) is 10.4. The Balaban J connectivity index is 2.67. The lowest BCUT2D eigenvalue weighted by molar-refractivity contribution is 0.0627. The van der Waals surface area contributed by atoms with Crippen LogP contribution in [0.4, 0.5) is 5.69 Å². The average molecular weight is 294 g/mol. The van der Waals surface area contributed by atoms with Crippen molar-refractivity contribution in [1.82, 2.24) is 4.90 Å². The average Bonchev–Trinajstić information content (AvgIpc) is 2.53. The minimum Gasteiger partial charge on any atom is -0.385 e. The summed E-state index contributed by atoms with van der Waals surface area (Å²) < 4.78 is 10.1. The predicted molar refractivity (Wildman–Crippen MR) is 84.9 cm³/mol. The minimum atomic E-state index is 0.00569. The summed E-state index contributed by atoms with van der Waals surface area (Å²) in [4.78, 5) is 14.2. The van der Waals surface area contributed by atoms with Gasteiger partial charge in [-0.15, -0.1) is 0 Å². The first kappa shape index (κ1) is 17.5. The largest absolute Gasteiger partial charge is 0.385 e. The van der Waals surface area contributed by atoms with E-state index in [0.717, 1.165) is 18.7 Å². The molecule has 0 atom stereocenters. The first-order valence-corrected chi connectivity index (χ1v) is 7.34. The van der Waals surface area contributed by atoms with Gasteiger partial charge in [-0.3, -0.25) is 4.79 Å². The Morgan fingerprint density at radius 2 is 1.67 bits per heavy atom. The van der Waals surface area contributed by atoms with E-state index in [1.54, 1.807) is 19.1 Å². The highest BCUT2D eigenvalue weighted by atomic mass is 16.5. The smallest absolute Gasteiger partial charge is 0.254 e. The van der Waals surface area contributed by atoms with Crippen molar-refractivity contribution in [2.24, 2.45) is 0 Å². The maximum Gasteiger partial charge on any atom is 0.254 e. The number of ether oxygens (including phenoxy) is 2. The summed E-state index contributed by atoms with van der Waals surface area (Å²) in [5.41, 5.74) is 1.72. The Hall–Kier alpha value is -1.59. The summed E-state index contributed by atoms with van der Waals surface area (Å²) in [5.74, 6) is 0.00569. The third-order valence-corrected chi connectivity index (χ3v) is 3.13. The molecule has 0 aliphatic carbocycles. The first-order valence-electron chi connectivity index (χ1n) is 7.34. The monoisotopic (exact) mass is 294 g/mol. The molecule has 118 valence electrons. The molecule has 1 aromatic carbocycles. The molecule has 0 radical (unpaired) electrons. The van der Waals surface area contributed by atoms with Gasteiger partial charge < -0.3 is 19.7 Å². The van der Waals surface area contributed by atoms with Crippen LogP contribution in [0.3, 0.4) is 0 Å². The highest BCUT2D eigenvalue weighted by molar-refractivity contribution is 5.94. The van der Waals surface area contributed by atoms with Gasteiger partial charge in [0.05, 0.1) is 13.2 Å². The maximum absolute atomic E-state index is 12.5. The molecule has 5 heteroatoms. The van der Waals surface area contributed by atoms with E-state index >= 15 is 0 Å². The van der Waals surface area contributed by atoms with Gasteiger partial charge in [0.2, 0.25) is 0 Å². The van der Waals surface area contributed by atoms with E-state index in [2.05, 4.69) is 12.2 Å². The zero-order chi connectivity index (χ0) is 15.5. The summed E-state index contributed by atoms with van der Waals surface area (Å²) in [6, 6.07) is 7.58. The van der Waals surface area contributed by atoms with Gasteiger partial charge in [0, 0.05) is 45.1 Å². The van der Waals surface area contributed by atoms with Crippen LogP contribution in [0, 0.1) is 0 Å². The number of hydrogen-bond acceptors (Lipinski definition) is 4. The Labute approximate surface area is 127 Å². The Morgan fingerprint density at radius 3 is 2.14 bits per heavy atom. The van der Waals surface area contributed by atoms with Crippen LogP contribution in [-0.4, -0.2) is 57.9 Å². The Bertz CT molecular complexity index is 398. The molecule has 0 aliphatic heterocycles. The van der Waals surface area contributed by atoms with E-state index in [1.807, 2.05) is 24.3 Å². The summed E-state index contributed by atoms with van der Waals surface area (Å²) in [6.07, 6.45) is 1.07. The molecular weight excluding hydrogens is 268 g/mol. The highest BCUT2D eigenvalue weighted by Crippen LogP contribution is 2.11. The summed E-state index contributed by atoms with van der Waals surface area (Å²) >= 11 is 0. The highest BCUT2D eigenvalue weighted by Gasteiger charge is 2.15. The predicted octanol–water partition coefficient (Wildman–Crippen LogP) is 2.24. The molecule has 0 unspecified atom stereocenters. The van der Waals surface area contributed by atoms with E-state index in [-0.39, 0.29) is 5.91 Å². The minimum absolute atomic E-state index is 0.00569. The van der Waals surface area contributed by atoms with E-state index in [9.17, 15) is 4.79 Å². The molecule has 0 aromatic heterocycles. The van der Waals surface area contributed by atoms with E-state index in [0.29, 0.717) is 31.9 Å². The molecule has 0 spiro atoms. The number of hydrogen-bond donors (Lipinski definition) is 1. The topological polar surface area (TPSA) is 50.8 Å². The number of carbonyl (C=O) groups excluding carboxylic acids is 1. The lowest BCUT2D eigenvalue weighted by Crippen LogP contribution is -2.36. The number of rotatable bonds is 10. The SMILES string of the molecule is CCCNc1ccc(C(=O)N(CCOC)CCOC)cc1. The number of carbonyl (C=O) groups is 1. The second kappa shape index (κ2) is 10.2. The van der Waals surface area contributed by atoms with Crippen LogP contribution in [0.2, 0.25) is 0 Å². The number of amides is 1. The van der Waals surface area contributed by atoms with Gasteiger partial charge in [-0.1, -0.05) is 6.92 Å². The van der Waals surface area contributed by atoms with Crippen molar-refractivity contribution in [3.8, 4) is 0 Å². The van der Waals surface area contributed by atoms with Gasteiger partial charge in [-0.25, -0.2) is 0 Å². The fourth-order valence-corrected chi connectivity index (χ4v) is 1.90. The zero-order valence-electron chi connectivity index (χ0n) is 13.2. The first-order chi connectivity index (χ1) is 10.2. The van der Waals surface area contributed by atoms with Crippen LogP contribution in [0.15, 0.2) is 24.3 Å². The van der Waals surface area contributed by atoms with Crippen LogP contribution < -0.4 is 5.32 Å². The van der Waals surface area contributed by atoms with Crippen molar-refractivity contribution in [3.63, 3.8) is 0 Å². The second-order valence-electron chi connectivity index (χ2n) is 4.78. The van der Waals surface area contributed by atoms with Crippen LogP contribution in [0.1, 0.15) is 23.7 Å². The van der Waals surface area contributed by atoms with Crippen molar-refractivity contribution < 1.29 is 14.3 Å². The zero-order valence-corrected chi connectivity index (χ0v) is 13.2. The molecule has 1 N–H and O–H groups in total. The van der Waals surface area contributed by atoms with E-state index in [4.69, 9.17) is 9.47 Å². The van der Waals surface area contributed by atoms with Crippen molar-refractivity contribution in [2.75, 3.05) is 52.4 Å². The number of nitrogens with zero attached hydrogens (tertiary/aromatic N) is 1. The number of nitrogens with one attached hydrogen (secondary N) is 1. The third-order valence-electron chi connectivity index (χ3n) is 3.13. The van der Waals surface area contributed by atoms with E-state index in [1.165, 1.54) is 0 Å². The van der Waals surface area contributed by atoms with Gasteiger partial charge in [0.25, 0.3) is 5.91 Å². The number of benzene rings is 1. The van der Waals surface area contributed by atoms with Crippen molar-refractivity contribution in [3.05, 3.63) is 29.8 Å². The van der Waals surface area contributed by atoms with Gasteiger partial charge in [0.1, 0.15) is 0 Å². The molecular formula is C16H26N2O3. The lowest BCUT2D eigenvalue weighted by atomic mass is 10.1. The maximum atomic E-state index is 12.5. The molecule has 0 saturated heterocycles. The van der Waals surface area contributed by atoms with Gasteiger partial charge in [-0.2, -0.15) is 0 Å². The number of methoxy groups -OCH3 is 2. The van der Waals surface area contributed by atoms with Gasteiger partial charge >= 0.3 is 0 Å². The molecule has 5 nitrogen and oxygen atoms in total. The molecule has 0 bridgehead atoms. The summed E-state index contributed by atoms with van der Waals surface area (Å²) in [5, 5.41) is 3.29. The van der Waals surface area contributed by atoms with E-state index < -0.39 is 0 Å². The molecule has 0 saturated carbocycles. The Morgan fingerprint density at radius 1 is 1.10 bits per heavy atom. The van der Waals surface area contributed by atoms with Crippen LogP contribution >= 0.6 is 0 Å². The fourth-order valence-electron chi connectivity index (χ4n) is 1.90. The van der Waals surface area contributed by atoms with Crippen molar-refractivity contribution in [1.29, 1.82) is 0 Å². The van der Waals surface area contributed by atoms with Crippen LogP contribution in [0.25, 0.3) is 0 Å². The molecule has 0 fully saturated rings. The Kier molecular flexibility index (Phi) is 8.47. The summed E-state index contributed by atoms with van der Waals surface area (Å²) in [7, 11) is 3.26. The molecule has 21 heavy (non-hydrogen) atoms. The standard InChI is InChI=1S/C16H26N2O3/c1-4-9-17-15-7-5-14(6-8-15)16(19)18(10-12-20-2)11-13-21-3/h5-8,17H,4,9-13H2,1-3H3. The van der Waals surface area contributed by atoms with Crippen LogP contribution in [0.5, 0.6) is 0 Å². The van der Waals surface area contributed by atoms with Crippen LogP contribution in [-0.2, 0) is 9.47 Å². The lowest BCUT2D eigenvalue weighted by Gasteiger charge is -2.22. The van der Waals surface area contributed by atoms with Gasteiger partial charge in [0.15, 0.2) is 0 Å². The molecule has 0 aliphatic rings. The quantitative estimate of drug-likeness (QED) is 0.719. The molecule has 1 rings (SSSR count). The molecule has 0 heterocycles.